The number of aryl methyl sites for hydroxylation is 3. The lowest BCUT2D eigenvalue weighted by atomic mass is 9.72. The van der Waals surface area contributed by atoms with E-state index in [1.807, 2.05) is 0 Å². The van der Waals surface area contributed by atoms with Crippen molar-refractivity contribution in [3.8, 4) is 0 Å². The first-order valence-electron chi connectivity index (χ1n) is 6.25. The van der Waals surface area contributed by atoms with Crippen molar-refractivity contribution in [1.82, 2.24) is 0 Å². The minimum atomic E-state index is -0.550. The van der Waals surface area contributed by atoms with Crippen molar-refractivity contribution < 1.29 is 9.84 Å². The molecule has 0 atom stereocenters. The highest BCUT2D eigenvalue weighted by Crippen LogP contribution is 2.38. The Balaban J connectivity index is 2.15. The van der Waals surface area contributed by atoms with Crippen LogP contribution in [0.2, 0.25) is 0 Å². The summed E-state index contributed by atoms with van der Waals surface area (Å²) >= 11 is 0. The highest BCUT2D eigenvalue weighted by molar-refractivity contribution is 5.38. The van der Waals surface area contributed by atoms with Crippen LogP contribution in [0, 0.1) is 20.8 Å². The van der Waals surface area contributed by atoms with Gasteiger partial charge >= 0.3 is 0 Å². The van der Waals surface area contributed by atoms with Crippen LogP contribution in [-0.4, -0.2) is 23.9 Å². The summed E-state index contributed by atoms with van der Waals surface area (Å²) in [5.74, 6) is 0. The van der Waals surface area contributed by atoms with Crippen molar-refractivity contribution in [3.05, 3.63) is 34.4 Å². The number of methoxy groups -OCH3 is 1. The van der Waals surface area contributed by atoms with E-state index in [2.05, 4.69) is 32.9 Å². The number of hydrogen-bond acceptors (Lipinski definition) is 2. The van der Waals surface area contributed by atoms with Gasteiger partial charge in [0.2, 0.25) is 0 Å². The minimum Gasteiger partial charge on any atom is -0.389 e. The van der Waals surface area contributed by atoms with Gasteiger partial charge in [-0.05, 0) is 37.5 Å². The lowest BCUT2D eigenvalue weighted by Gasteiger charge is -2.43. The maximum Gasteiger partial charge on any atom is 0.0737 e. The number of hydrogen-bond donors (Lipinski definition) is 1. The number of benzene rings is 1. The molecule has 2 nitrogen and oxygen atoms in total. The molecule has 1 saturated carbocycles. The number of ether oxygens (including phenoxy) is 1. The summed E-state index contributed by atoms with van der Waals surface area (Å²) in [6, 6.07) is 4.39. The lowest BCUT2D eigenvalue weighted by Crippen LogP contribution is -2.49. The summed E-state index contributed by atoms with van der Waals surface area (Å²) in [5.41, 5.74) is 4.62. The van der Waals surface area contributed by atoms with Crippen molar-refractivity contribution in [3.63, 3.8) is 0 Å². The van der Waals surface area contributed by atoms with Crippen LogP contribution < -0.4 is 0 Å². The van der Waals surface area contributed by atoms with Gasteiger partial charge in [-0.1, -0.05) is 17.7 Å². The summed E-state index contributed by atoms with van der Waals surface area (Å²) in [7, 11) is 1.71. The van der Waals surface area contributed by atoms with Gasteiger partial charge in [0.25, 0.3) is 0 Å². The topological polar surface area (TPSA) is 29.5 Å². The van der Waals surface area contributed by atoms with E-state index in [4.69, 9.17) is 4.74 Å². The van der Waals surface area contributed by atoms with Crippen LogP contribution in [0.3, 0.4) is 0 Å². The molecule has 0 amide bonds. The quantitative estimate of drug-likeness (QED) is 0.871. The molecule has 1 aliphatic rings. The predicted octanol–water partition coefficient (Wildman–Crippen LogP) is 2.69. The first kappa shape index (κ1) is 12.6. The second-order valence-electron chi connectivity index (χ2n) is 5.54. The molecule has 1 aromatic rings. The van der Waals surface area contributed by atoms with E-state index in [-0.39, 0.29) is 6.10 Å². The lowest BCUT2D eigenvalue weighted by molar-refractivity contribution is -0.126. The van der Waals surface area contributed by atoms with Crippen LogP contribution in [-0.2, 0) is 11.2 Å². The number of aliphatic hydroxyl groups is 1. The zero-order chi connectivity index (χ0) is 12.6. The average Bonchev–Trinajstić information content (AvgIpc) is 2.19. The molecular weight excluding hydrogens is 212 g/mol. The van der Waals surface area contributed by atoms with E-state index in [1.54, 1.807) is 7.11 Å². The molecular formula is C15H22O2. The maximum atomic E-state index is 10.4. The van der Waals surface area contributed by atoms with Gasteiger partial charge in [-0.3, -0.25) is 0 Å². The normalized spacial score (nSPS) is 27.9. The van der Waals surface area contributed by atoms with E-state index in [0.717, 1.165) is 19.3 Å². The van der Waals surface area contributed by atoms with Gasteiger partial charge in [-0.15, -0.1) is 0 Å². The summed E-state index contributed by atoms with van der Waals surface area (Å²) < 4.78 is 5.24. The third-order valence-electron chi connectivity index (χ3n) is 3.89. The van der Waals surface area contributed by atoms with E-state index < -0.39 is 5.60 Å². The molecule has 94 valence electrons. The Morgan fingerprint density at radius 1 is 1.24 bits per heavy atom. The van der Waals surface area contributed by atoms with Crippen LogP contribution in [0.4, 0.5) is 0 Å². The molecule has 0 bridgehead atoms. The van der Waals surface area contributed by atoms with Crippen molar-refractivity contribution in [1.29, 1.82) is 0 Å². The highest BCUT2D eigenvalue weighted by Gasteiger charge is 2.43. The standard InChI is InChI=1S/C15H22O2/c1-10-5-11(2)14(12(3)6-10)9-15(16)7-13(8-15)17-4/h5-6,13,16H,7-9H2,1-4H3. The van der Waals surface area contributed by atoms with Gasteiger partial charge in [0.1, 0.15) is 0 Å². The molecule has 0 aromatic heterocycles. The van der Waals surface area contributed by atoms with Gasteiger partial charge in [0.05, 0.1) is 11.7 Å². The molecule has 2 rings (SSSR count). The smallest absolute Gasteiger partial charge is 0.0737 e. The fraction of sp³-hybridized carbons (Fsp3) is 0.600. The molecule has 2 heteroatoms. The van der Waals surface area contributed by atoms with Crippen LogP contribution in [0.1, 0.15) is 35.1 Å². The SMILES string of the molecule is COC1CC(O)(Cc2c(C)cc(C)cc2C)C1. The Kier molecular flexibility index (Phi) is 3.28. The third kappa shape index (κ3) is 2.53. The monoisotopic (exact) mass is 234 g/mol. The Bertz CT molecular complexity index is 394. The zero-order valence-electron chi connectivity index (χ0n) is 11.2. The van der Waals surface area contributed by atoms with E-state index in [1.165, 1.54) is 22.3 Å². The average molecular weight is 234 g/mol. The molecule has 0 unspecified atom stereocenters. The zero-order valence-corrected chi connectivity index (χ0v) is 11.2. The largest absolute Gasteiger partial charge is 0.389 e. The van der Waals surface area contributed by atoms with Crippen LogP contribution >= 0.6 is 0 Å². The molecule has 0 heterocycles. The van der Waals surface area contributed by atoms with Gasteiger partial charge in [0, 0.05) is 26.4 Å². The second-order valence-corrected chi connectivity index (χ2v) is 5.54. The molecule has 0 radical (unpaired) electrons. The number of rotatable bonds is 3. The van der Waals surface area contributed by atoms with Gasteiger partial charge in [-0.2, -0.15) is 0 Å². The molecule has 1 aliphatic carbocycles. The van der Waals surface area contributed by atoms with Gasteiger partial charge in [0.15, 0.2) is 0 Å². The first-order chi connectivity index (χ1) is 7.93. The summed E-state index contributed by atoms with van der Waals surface area (Å²) in [5, 5.41) is 10.4. The third-order valence-corrected chi connectivity index (χ3v) is 3.89. The molecule has 1 N–H and O–H groups in total. The molecule has 0 spiro atoms. The fourth-order valence-corrected chi connectivity index (χ4v) is 2.92. The minimum absolute atomic E-state index is 0.242. The maximum absolute atomic E-state index is 10.4. The summed E-state index contributed by atoms with van der Waals surface area (Å²) in [4.78, 5) is 0. The van der Waals surface area contributed by atoms with Crippen molar-refractivity contribution in [2.24, 2.45) is 0 Å². The Morgan fingerprint density at radius 2 is 1.76 bits per heavy atom. The van der Waals surface area contributed by atoms with E-state index in [0.29, 0.717) is 0 Å². The summed E-state index contributed by atoms with van der Waals surface area (Å²) in [6.07, 6.45) is 2.52. The van der Waals surface area contributed by atoms with Crippen molar-refractivity contribution in [2.75, 3.05) is 7.11 Å². The molecule has 0 aliphatic heterocycles. The van der Waals surface area contributed by atoms with Gasteiger partial charge < -0.3 is 9.84 Å². The van der Waals surface area contributed by atoms with Crippen molar-refractivity contribution in [2.45, 2.75) is 51.7 Å². The Labute approximate surface area is 104 Å². The van der Waals surface area contributed by atoms with Gasteiger partial charge in [-0.25, -0.2) is 0 Å². The fourth-order valence-electron chi connectivity index (χ4n) is 2.92. The van der Waals surface area contributed by atoms with Crippen LogP contribution in [0.5, 0.6) is 0 Å². The Hall–Kier alpha value is -0.860. The molecule has 17 heavy (non-hydrogen) atoms. The summed E-state index contributed by atoms with van der Waals surface area (Å²) in [6.45, 7) is 6.37. The predicted molar refractivity (Wildman–Crippen MR) is 69.3 cm³/mol. The first-order valence-corrected chi connectivity index (χ1v) is 6.25. The highest BCUT2D eigenvalue weighted by atomic mass is 16.5. The molecule has 0 saturated heterocycles. The van der Waals surface area contributed by atoms with Crippen LogP contribution in [0.25, 0.3) is 0 Å². The van der Waals surface area contributed by atoms with Crippen molar-refractivity contribution >= 4 is 0 Å². The van der Waals surface area contributed by atoms with Crippen LogP contribution in [0.15, 0.2) is 12.1 Å². The van der Waals surface area contributed by atoms with E-state index >= 15 is 0 Å². The molecule has 1 fully saturated rings. The Morgan fingerprint density at radius 3 is 2.24 bits per heavy atom. The van der Waals surface area contributed by atoms with E-state index in [9.17, 15) is 5.11 Å². The second kappa shape index (κ2) is 4.43. The molecule has 1 aromatic carbocycles.